The highest BCUT2D eigenvalue weighted by atomic mass is 79.9. The third kappa shape index (κ3) is 1.74. The van der Waals surface area contributed by atoms with Crippen LogP contribution in [0.3, 0.4) is 0 Å². The van der Waals surface area contributed by atoms with Crippen LogP contribution in [0.25, 0.3) is 0 Å². The molecule has 0 aromatic carbocycles. The van der Waals surface area contributed by atoms with E-state index in [9.17, 15) is 17.6 Å². The number of pyridine rings is 1. The van der Waals surface area contributed by atoms with Gasteiger partial charge < -0.3 is 0 Å². The zero-order valence-corrected chi connectivity index (χ0v) is 7.08. The van der Waals surface area contributed by atoms with Gasteiger partial charge in [0, 0.05) is 0 Å². The summed E-state index contributed by atoms with van der Waals surface area (Å²) in [6.45, 7) is 0. The minimum absolute atomic E-state index is 0.156. The molecule has 0 radical (unpaired) electrons. The Kier molecular flexibility index (Phi) is 2.66. The van der Waals surface area contributed by atoms with Gasteiger partial charge in [0.1, 0.15) is 4.60 Å². The van der Waals surface area contributed by atoms with Crippen molar-refractivity contribution in [2.45, 2.75) is 6.43 Å². The number of rotatable bonds is 1. The first-order valence-electron chi connectivity index (χ1n) is 2.82. The molecule has 0 aliphatic heterocycles. The predicted octanol–water partition coefficient (Wildman–Crippen LogP) is 3.06. The lowest BCUT2D eigenvalue weighted by Gasteiger charge is -2.01. The van der Waals surface area contributed by atoms with Crippen molar-refractivity contribution in [2.24, 2.45) is 0 Å². The highest BCUT2D eigenvalue weighted by molar-refractivity contribution is 9.10. The smallest absolute Gasteiger partial charge is 0.210 e. The zero-order valence-electron chi connectivity index (χ0n) is 5.49. The molecule has 12 heavy (non-hydrogen) atoms. The van der Waals surface area contributed by atoms with Gasteiger partial charge in [0.15, 0.2) is 5.82 Å². The lowest BCUT2D eigenvalue weighted by molar-refractivity contribution is 0.144. The molecule has 1 nitrogen and oxygen atoms in total. The van der Waals surface area contributed by atoms with E-state index >= 15 is 0 Å². The van der Waals surface area contributed by atoms with Crippen molar-refractivity contribution in [3.63, 3.8) is 0 Å². The summed E-state index contributed by atoms with van der Waals surface area (Å²) in [5.74, 6) is -3.13. The lowest BCUT2D eigenvalue weighted by atomic mass is 10.3. The van der Waals surface area contributed by atoms with Crippen LogP contribution in [0.5, 0.6) is 0 Å². The summed E-state index contributed by atoms with van der Waals surface area (Å²) in [4.78, 5) is 2.96. The van der Waals surface area contributed by atoms with Gasteiger partial charge >= 0.3 is 0 Å². The molecule has 1 rings (SSSR count). The molecule has 0 aliphatic carbocycles. The topological polar surface area (TPSA) is 12.9 Å². The third-order valence-electron chi connectivity index (χ3n) is 1.15. The van der Waals surface area contributed by atoms with Crippen molar-refractivity contribution in [2.75, 3.05) is 0 Å². The molecule has 0 aliphatic rings. The van der Waals surface area contributed by atoms with E-state index in [4.69, 9.17) is 0 Å². The Hall–Kier alpha value is -0.650. The molecular formula is C6H2BrF4N. The summed E-state index contributed by atoms with van der Waals surface area (Å²) in [5, 5.41) is 0. The summed E-state index contributed by atoms with van der Waals surface area (Å²) in [6.07, 6.45) is -3.04. The molecule has 0 N–H and O–H groups in total. The maximum Gasteiger partial charge on any atom is 0.266 e. The van der Waals surface area contributed by atoms with Gasteiger partial charge in [0.2, 0.25) is 5.95 Å². The summed E-state index contributed by atoms with van der Waals surface area (Å²) < 4.78 is 48.6. The minimum atomic E-state index is -3.04. The SMILES string of the molecule is Fc1nc(Br)cc(C(F)F)c1F. The van der Waals surface area contributed by atoms with E-state index in [1.807, 2.05) is 0 Å². The second-order valence-corrected chi connectivity index (χ2v) is 2.75. The molecule has 1 aromatic rings. The maximum absolute atomic E-state index is 12.5. The van der Waals surface area contributed by atoms with Gasteiger partial charge in [-0.15, -0.1) is 0 Å². The normalized spacial score (nSPS) is 10.8. The van der Waals surface area contributed by atoms with Crippen LogP contribution >= 0.6 is 15.9 Å². The lowest BCUT2D eigenvalue weighted by Crippen LogP contribution is -1.98. The van der Waals surface area contributed by atoms with Gasteiger partial charge in [-0.05, 0) is 22.0 Å². The summed E-state index contributed by atoms with van der Waals surface area (Å²) >= 11 is 2.66. The third-order valence-corrected chi connectivity index (χ3v) is 1.56. The average molecular weight is 244 g/mol. The molecule has 0 saturated heterocycles. The number of alkyl halides is 2. The Morgan fingerprint density at radius 2 is 1.92 bits per heavy atom. The molecule has 0 fully saturated rings. The van der Waals surface area contributed by atoms with E-state index in [0.29, 0.717) is 0 Å². The van der Waals surface area contributed by atoms with Crippen LogP contribution in [-0.2, 0) is 0 Å². The molecule has 0 amide bonds. The predicted molar refractivity (Wildman–Crippen MR) is 36.8 cm³/mol. The number of nitrogens with zero attached hydrogens (tertiary/aromatic N) is 1. The van der Waals surface area contributed by atoms with E-state index in [0.717, 1.165) is 6.07 Å². The fraction of sp³-hybridized carbons (Fsp3) is 0.167. The van der Waals surface area contributed by atoms with Crippen LogP contribution in [0.1, 0.15) is 12.0 Å². The second kappa shape index (κ2) is 3.38. The Labute approximate surface area is 73.5 Å². The number of hydrogen-bond donors (Lipinski definition) is 0. The quantitative estimate of drug-likeness (QED) is 0.546. The Morgan fingerprint density at radius 1 is 1.33 bits per heavy atom. The maximum atomic E-state index is 12.5. The van der Waals surface area contributed by atoms with E-state index < -0.39 is 23.8 Å². The van der Waals surface area contributed by atoms with Gasteiger partial charge in [-0.1, -0.05) is 0 Å². The van der Waals surface area contributed by atoms with Crippen LogP contribution in [0.2, 0.25) is 0 Å². The number of hydrogen-bond acceptors (Lipinski definition) is 1. The standard InChI is InChI=1S/C6H2BrF4N/c7-3-1-2(5(9)10)4(8)6(11)12-3/h1,5H. The van der Waals surface area contributed by atoms with E-state index in [1.54, 1.807) is 0 Å². The fourth-order valence-corrected chi connectivity index (χ4v) is 1.05. The van der Waals surface area contributed by atoms with Crippen molar-refractivity contribution >= 4 is 15.9 Å². The molecule has 0 spiro atoms. The highest BCUT2D eigenvalue weighted by Crippen LogP contribution is 2.25. The van der Waals surface area contributed by atoms with Gasteiger partial charge in [0.25, 0.3) is 6.43 Å². The minimum Gasteiger partial charge on any atom is -0.210 e. The Bertz CT molecular complexity index is 302. The molecule has 0 saturated carbocycles. The first-order valence-corrected chi connectivity index (χ1v) is 3.61. The van der Waals surface area contributed by atoms with Crippen molar-refractivity contribution in [1.29, 1.82) is 0 Å². The fourth-order valence-electron chi connectivity index (χ4n) is 0.645. The number of aromatic nitrogens is 1. The average Bonchev–Trinajstić information content (AvgIpc) is 1.96. The van der Waals surface area contributed by atoms with Crippen molar-refractivity contribution in [3.8, 4) is 0 Å². The van der Waals surface area contributed by atoms with E-state index in [1.165, 1.54) is 0 Å². The first kappa shape index (κ1) is 9.44. The largest absolute Gasteiger partial charge is 0.266 e. The zero-order chi connectivity index (χ0) is 9.30. The second-order valence-electron chi connectivity index (χ2n) is 1.94. The summed E-state index contributed by atoms with van der Waals surface area (Å²) in [5.41, 5.74) is -0.991. The van der Waals surface area contributed by atoms with Crippen molar-refractivity contribution in [3.05, 3.63) is 28.0 Å². The summed E-state index contributed by atoms with van der Waals surface area (Å²) in [6, 6.07) is 0.739. The molecule has 0 unspecified atom stereocenters. The highest BCUT2D eigenvalue weighted by Gasteiger charge is 2.18. The van der Waals surface area contributed by atoms with Gasteiger partial charge in [-0.3, -0.25) is 0 Å². The molecule has 0 bridgehead atoms. The summed E-state index contributed by atoms with van der Waals surface area (Å²) in [7, 11) is 0. The molecule has 0 atom stereocenters. The van der Waals surface area contributed by atoms with Gasteiger partial charge in [-0.2, -0.15) is 4.39 Å². The molecule has 6 heteroatoms. The van der Waals surface area contributed by atoms with Crippen LogP contribution in [0.4, 0.5) is 17.6 Å². The molecule has 66 valence electrons. The molecular weight excluding hydrogens is 242 g/mol. The van der Waals surface area contributed by atoms with Gasteiger partial charge in [0.05, 0.1) is 5.56 Å². The Balaban J connectivity index is 3.28. The van der Waals surface area contributed by atoms with Crippen LogP contribution < -0.4 is 0 Å². The number of halogens is 5. The van der Waals surface area contributed by atoms with Crippen LogP contribution in [-0.4, -0.2) is 4.98 Å². The van der Waals surface area contributed by atoms with E-state index in [-0.39, 0.29) is 4.60 Å². The van der Waals surface area contributed by atoms with Crippen LogP contribution in [0.15, 0.2) is 10.7 Å². The Morgan fingerprint density at radius 3 is 2.42 bits per heavy atom. The first-order chi connectivity index (χ1) is 5.52. The van der Waals surface area contributed by atoms with Gasteiger partial charge in [-0.25, -0.2) is 18.2 Å². The molecule has 1 heterocycles. The monoisotopic (exact) mass is 243 g/mol. The van der Waals surface area contributed by atoms with E-state index in [2.05, 4.69) is 20.9 Å². The van der Waals surface area contributed by atoms with Crippen molar-refractivity contribution in [1.82, 2.24) is 4.98 Å². The van der Waals surface area contributed by atoms with Crippen molar-refractivity contribution < 1.29 is 17.6 Å². The van der Waals surface area contributed by atoms with Crippen LogP contribution in [0, 0.1) is 11.8 Å². The molecule has 1 aromatic heterocycles.